The van der Waals surface area contributed by atoms with Crippen molar-refractivity contribution >= 4 is 7.60 Å². The molecule has 0 bridgehead atoms. The highest BCUT2D eigenvalue weighted by atomic mass is 31.2. The summed E-state index contributed by atoms with van der Waals surface area (Å²) in [6.07, 6.45) is 0.129. The zero-order valence-corrected chi connectivity index (χ0v) is 21.2. The van der Waals surface area contributed by atoms with E-state index in [1.165, 1.54) is 10.7 Å². The number of para-hydroxylation sites is 2. The first-order valence-electron chi connectivity index (χ1n) is 11.7. The Morgan fingerprint density at radius 2 is 1.61 bits per heavy atom. The number of nitrogens with zero attached hydrogens (tertiary/aromatic N) is 5. The number of hydrogen-bond acceptors (Lipinski definition) is 8. The van der Waals surface area contributed by atoms with Crippen LogP contribution < -0.4 is 14.4 Å². The summed E-state index contributed by atoms with van der Waals surface area (Å²) in [6.45, 7) is 0.260. The fourth-order valence-corrected chi connectivity index (χ4v) is 4.93. The molecule has 0 spiro atoms. The molecular formula is C27H24FN6O3P. The van der Waals surface area contributed by atoms with Gasteiger partial charge in [0, 0.05) is 6.42 Å². The molecule has 0 saturated heterocycles. The summed E-state index contributed by atoms with van der Waals surface area (Å²) in [6, 6.07) is 25.1. The summed E-state index contributed by atoms with van der Waals surface area (Å²) in [5, 5.41) is 24.0. The Bertz CT molecular complexity index is 1440. The predicted molar refractivity (Wildman–Crippen MR) is 138 cm³/mol. The second kappa shape index (κ2) is 13.2. The van der Waals surface area contributed by atoms with Crippen LogP contribution in [0.25, 0.3) is 0 Å². The van der Waals surface area contributed by atoms with Gasteiger partial charge in [0.15, 0.2) is 5.82 Å². The van der Waals surface area contributed by atoms with Gasteiger partial charge in [0.2, 0.25) is 0 Å². The third kappa shape index (κ3) is 7.50. The van der Waals surface area contributed by atoms with Crippen LogP contribution in [-0.2, 0) is 11.1 Å². The Balaban J connectivity index is 1.59. The van der Waals surface area contributed by atoms with Gasteiger partial charge in [-0.2, -0.15) is 5.26 Å². The molecule has 0 fully saturated rings. The Hall–Kier alpha value is -4.50. The molecule has 1 heterocycles. The minimum Gasteiger partial charge on any atom is -0.415 e. The maximum Gasteiger partial charge on any atom is 0.444 e. The van der Waals surface area contributed by atoms with Crippen LogP contribution in [0.2, 0.25) is 0 Å². The fraction of sp³-hybridized carbons (Fsp3) is 0.185. The van der Waals surface area contributed by atoms with Crippen molar-refractivity contribution in [3.63, 3.8) is 0 Å². The largest absolute Gasteiger partial charge is 0.444 e. The standard InChI is InChI=1S/C27H24FN6O3P/c28-25-17-8-7-11-22(25)12-9-18-26(27-31-32-33-34(27)20-10-19-29)30-21-38(35,36-23-13-3-1-4-14-23)37-24-15-5-2-6-16-24/h1-8,11,13-17,26,30H,10,18,20-21H2/t26-/m0/s1. The van der Waals surface area contributed by atoms with Crippen molar-refractivity contribution in [3.05, 3.63) is 102 Å². The summed E-state index contributed by atoms with van der Waals surface area (Å²) >= 11 is 0. The molecule has 0 aliphatic rings. The summed E-state index contributed by atoms with van der Waals surface area (Å²) in [5.74, 6) is 6.48. The molecule has 0 aliphatic heterocycles. The number of hydrogen-bond donors (Lipinski definition) is 1. The van der Waals surface area contributed by atoms with Gasteiger partial charge in [-0.05, 0) is 46.8 Å². The number of benzene rings is 3. The third-order valence-corrected chi connectivity index (χ3v) is 6.76. The predicted octanol–water partition coefficient (Wildman–Crippen LogP) is 5.11. The number of aromatic nitrogens is 4. The van der Waals surface area contributed by atoms with Crippen molar-refractivity contribution < 1.29 is 18.0 Å². The Morgan fingerprint density at radius 3 is 2.24 bits per heavy atom. The van der Waals surface area contributed by atoms with E-state index in [1.54, 1.807) is 66.7 Å². The number of nitriles is 1. The molecule has 0 aliphatic carbocycles. The zero-order chi connectivity index (χ0) is 26.6. The van der Waals surface area contributed by atoms with Gasteiger partial charge in [0.25, 0.3) is 0 Å². The average molecular weight is 531 g/mol. The molecule has 0 amide bonds. The van der Waals surface area contributed by atoms with E-state index in [-0.39, 0.29) is 31.2 Å². The van der Waals surface area contributed by atoms with Crippen molar-refractivity contribution in [2.24, 2.45) is 0 Å². The molecule has 9 nitrogen and oxygen atoms in total. The van der Waals surface area contributed by atoms with Gasteiger partial charge in [-0.1, -0.05) is 60.4 Å². The summed E-state index contributed by atoms with van der Waals surface area (Å²) in [5.41, 5.74) is 0.251. The molecule has 0 unspecified atom stereocenters. The number of rotatable bonds is 11. The molecule has 1 N–H and O–H groups in total. The minimum absolute atomic E-state index is 0.151. The van der Waals surface area contributed by atoms with E-state index in [0.29, 0.717) is 17.3 Å². The number of aryl methyl sites for hydroxylation is 1. The molecule has 4 rings (SSSR count). The number of halogens is 1. The molecule has 0 saturated carbocycles. The Kier molecular flexibility index (Phi) is 9.20. The Morgan fingerprint density at radius 1 is 0.974 bits per heavy atom. The van der Waals surface area contributed by atoms with E-state index < -0.39 is 19.5 Å². The van der Waals surface area contributed by atoms with Crippen molar-refractivity contribution in [2.45, 2.75) is 25.4 Å². The van der Waals surface area contributed by atoms with Crippen molar-refractivity contribution in [2.75, 3.05) is 6.29 Å². The molecule has 1 atom stereocenters. The van der Waals surface area contributed by atoms with Crippen LogP contribution in [0.15, 0.2) is 84.9 Å². The Labute approximate surface area is 219 Å². The van der Waals surface area contributed by atoms with Crippen LogP contribution in [0.3, 0.4) is 0 Å². The van der Waals surface area contributed by atoms with Crippen LogP contribution in [0.4, 0.5) is 4.39 Å². The molecule has 0 radical (unpaired) electrons. The highest BCUT2D eigenvalue weighted by Gasteiger charge is 2.31. The minimum atomic E-state index is -3.80. The van der Waals surface area contributed by atoms with E-state index in [0.717, 1.165) is 0 Å². The van der Waals surface area contributed by atoms with Gasteiger partial charge in [0.05, 0.1) is 30.6 Å². The monoisotopic (exact) mass is 530 g/mol. The number of nitrogens with one attached hydrogen (secondary N) is 1. The second-order valence-corrected chi connectivity index (χ2v) is 9.89. The molecule has 4 aromatic rings. The van der Waals surface area contributed by atoms with Crippen molar-refractivity contribution in [3.8, 4) is 29.4 Å². The normalized spacial score (nSPS) is 11.6. The second-order valence-electron chi connectivity index (χ2n) is 7.99. The lowest BCUT2D eigenvalue weighted by molar-refractivity contribution is 0.373. The quantitative estimate of drug-likeness (QED) is 0.210. The fourth-order valence-electron chi connectivity index (χ4n) is 3.43. The van der Waals surface area contributed by atoms with Gasteiger partial charge in [-0.25, -0.2) is 13.6 Å². The topological polar surface area (TPSA) is 115 Å². The van der Waals surface area contributed by atoms with E-state index in [2.05, 4.69) is 38.8 Å². The molecule has 192 valence electrons. The van der Waals surface area contributed by atoms with E-state index >= 15 is 0 Å². The van der Waals surface area contributed by atoms with Crippen molar-refractivity contribution in [1.29, 1.82) is 5.26 Å². The smallest absolute Gasteiger partial charge is 0.415 e. The molecule has 11 heteroatoms. The van der Waals surface area contributed by atoms with Gasteiger partial charge >= 0.3 is 7.60 Å². The van der Waals surface area contributed by atoms with Crippen LogP contribution in [0.1, 0.15) is 30.3 Å². The molecular weight excluding hydrogens is 506 g/mol. The van der Waals surface area contributed by atoms with Gasteiger partial charge < -0.3 is 9.05 Å². The van der Waals surface area contributed by atoms with Crippen LogP contribution in [0, 0.1) is 29.0 Å². The zero-order valence-electron chi connectivity index (χ0n) is 20.3. The highest BCUT2D eigenvalue weighted by molar-refractivity contribution is 7.54. The maximum atomic E-state index is 14.1. The number of tetrazole rings is 1. The van der Waals surface area contributed by atoms with Crippen LogP contribution in [-0.4, -0.2) is 26.5 Å². The van der Waals surface area contributed by atoms with Gasteiger partial charge in [-0.15, -0.1) is 5.10 Å². The van der Waals surface area contributed by atoms with E-state index in [1.807, 2.05) is 12.1 Å². The molecule has 3 aromatic carbocycles. The van der Waals surface area contributed by atoms with Gasteiger partial charge in [-0.3, -0.25) is 5.32 Å². The maximum absolute atomic E-state index is 14.1. The first kappa shape index (κ1) is 26.6. The SMILES string of the molecule is N#CCCn1nnnc1[C@H](CC#Cc1ccccc1F)NCP(=O)(Oc1ccccc1)Oc1ccccc1. The summed E-state index contributed by atoms with van der Waals surface area (Å²) in [7, 11) is -3.80. The van der Waals surface area contributed by atoms with E-state index in [9.17, 15) is 8.96 Å². The first-order chi connectivity index (χ1) is 18.6. The lowest BCUT2D eigenvalue weighted by Crippen LogP contribution is -2.28. The average Bonchev–Trinajstić information content (AvgIpc) is 3.40. The third-order valence-electron chi connectivity index (χ3n) is 5.22. The van der Waals surface area contributed by atoms with Gasteiger partial charge in [0.1, 0.15) is 23.6 Å². The lowest BCUT2D eigenvalue weighted by atomic mass is 10.1. The van der Waals surface area contributed by atoms with Crippen molar-refractivity contribution in [1.82, 2.24) is 25.5 Å². The highest BCUT2D eigenvalue weighted by Crippen LogP contribution is 2.48. The lowest BCUT2D eigenvalue weighted by Gasteiger charge is -2.23. The molecule has 1 aromatic heterocycles. The molecule has 38 heavy (non-hydrogen) atoms. The summed E-state index contributed by atoms with van der Waals surface area (Å²) < 4.78 is 41.1. The van der Waals surface area contributed by atoms with Crippen LogP contribution in [0.5, 0.6) is 11.5 Å². The van der Waals surface area contributed by atoms with Crippen LogP contribution >= 0.6 is 7.60 Å². The van der Waals surface area contributed by atoms with E-state index in [4.69, 9.17) is 14.3 Å². The summed E-state index contributed by atoms with van der Waals surface area (Å²) in [4.78, 5) is 0. The first-order valence-corrected chi connectivity index (χ1v) is 13.5.